The van der Waals surface area contributed by atoms with Gasteiger partial charge in [0.25, 0.3) is 0 Å². The third kappa shape index (κ3) is 6.32. The van der Waals surface area contributed by atoms with Crippen molar-refractivity contribution in [2.24, 2.45) is 0 Å². The topological polar surface area (TPSA) is 55.8 Å². The molecular formula is C19H23Cl2N3O2. The van der Waals surface area contributed by atoms with Gasteiger partial charge in [0, 0.05) is 37.1 Å². The van der Waals surface area contributed by atoms with Gasteiger partial charge in [0.1, 0.15) is 5.75 Å². The number of phenols is 1. The fraction of sp³-hybridized carbons (Fsp3) is 0.316. The smallest absolute Gasteiger partial charge is 0.228 e. The summed E-state index contributed by atoms with van der Waals surface area (Å²) in [5.74, 6) is 1.30. The molecule has 0 saturated heterocycles. The summed E-state index contributed by atoms with van der Waals surface area (Å²) in [6, 6.07) is 14.8. The fourth-order valence-electron chi connectivity index (χ4n) is 2.53. The van der Waals surface area contributed by atoms with Gasteiger partial charge in [-0.05, 0) is 48.4 Å². The number of alkyl halides is 2. The van der Waals surface area contributed by atoms with E-state index in [1.807, 2.05) is 36.4 Å². The number of phenolic OH excluding ortho intramolecular Hbond substituents is 1. The van der Waals surface area contributed by atoms with E-state index in [1.165, 1.54) is 5.01 Å². The van der Waals surface area contributed by atoms with Crippen LogP contribution in [0.2, 0.25) is 0 Å². The van der Waals surface area contributed by atoms with Crippen molar-refractivity contribution in [3.05, 3.63) is 54.1 Å². The Bertz CT molecular complexity index is 659. The molecule has 0 aliphatic carbocycles. The quantitative estimate of drug-likeness (QED) is 0.346. The predicted octanol–water partition coefficient (Wildman–Crippen LogP) is 3.70. The summed E-state index contributed by atoms with van der Waals surface area (Å²) in [7, 11) is 0. The summed E-state index contributed by atoms with van der Waals surface area (Å²) in [6.45, 7) is 1.98. The molecule has 140 valence electrons. The van der Waals surface area contributed by atoms with Crippen LogP contribution in [0, 0.1) is 0 Å². The Labute approximate surface area is 164 Å². The van der Waals surface area contributed by atoms with Gasteiger partial charge in [-0.2, -0.15) is 0 Å². The van der Waals surface area contributed by atoms with Crippen LogP contribution in [0.3, 0.4) is 0 Å². The second-order valence-corrected chi connectivity index (χ2v) is 6.49. The molecule has 0 aliphatic rings. The van der Waals surface area contributed by atoms with Crippen LogP contribution < -0.4 is 10.3 Å². The van der Waals surface area contributed by atoms with E-state index in [0.29, 0.717) is 24.7 Å². The number of carbonyl (C=O) groups is 1. The monoisotopic (exact) mass is 395 g/mol. The lowest BCUT2D eigenvalue weighted by molar-refractivity contribution is -0.117. The van der Waals surface area contributed by atoms with Gasteiger partial charge in [-0.3, -0.25) is 15.2 Å². The number of halogens is 2. The highest BCUT2D eigenvalue weighted by molar-refractivity contribution is 6.18. The van der Waals surface area contributed by atoms with Crippen molar-refractivity contribution in [1.29, 1.82) is 0 Å². The van der Waals surface area contributed by atoms with Crippen molar-refractivity contribution in [3.8, 4) is 5.75 Å². The minimum atomic E-state index is 0.233. The number of anilines is 2. The lowest BCUT2D eigenvalue weighted by Gasteiger charge is -2.24. The second kappa shape index (κ2) is 10.8. The summed E-state index contributed by atoms with van der Waals surface area (Å²) < 4.78 is 0. The van der Waals surface area contributed by atoms with Crippen LogP contribution >= 0.6 is 23.2 Å². The maximum atomic E-state index is 11.3. The van der Waals surface area contributed by atoms with Crippen LogP contribution in [0.15, 0.2) is 48.5 Å². The van der Waals surface area contributed by atoms with Crippen LogP contribution in [-0.4, -0.2) is 47.9 Å². The molecule has 0 radical (unpaired) electrons. The zero-order valence-electron chi connectivity index (χ0n) is 14.4. The number of aromatic hydroxyl groups is 1. The van der Waals surface area contributed by atoms with Gasteiger partial charge in [0.2, 0.25) is 6.41 Å². The maximum absolute atomic E-state index is 11.3. The number of amides is 1. The Kier molecular flexibility index (Phi) is 8.38. The predicted molar refractivity (Wildman–Crippen MR) is 108 cm³/mol. The molecule has 5 nitrogen and oxygen atoms in total. The molecule has 0 atom stereocenters. The van der Waals surface area contributed by atoms with E-state index in [1.54, 1.807) is 12.1 Å². The van der Waals surface area contributed by atoms with Gasteiger partial charge in [-0.1, -0.05) is 12.1 Å². The van der Waals surface area contributed by atoms with E-state index in [0.717, 1.165) is 36.4 Å². The molecule has 26 heavy (non-hydrogen) atoms. The number of benzene rings is 2. The molecule has 0 aromatic heterocycles. The zero-order valence-corrected chi connectivity index (χ0v) is 16.0. The van der Waals surface area contributed by atoms with E-state index >= 15 is 0 Å². The Morgan fingerprint density at radius 1 is 0.923 bits per heavy atom. The second-order valence-electron chi connectivity index (χ2n) is 5.74. The van der Waals surface area contributed by atoms with Crippen molar-refractivity contribution < 1.29 is 9.90 Å². The number of hydrogen-bond donors (Lipinski definition) is 2. The van der Waals surface area contributed by atoms with E-state index < -0.39 is 0 Å². The first kappa shape index (κ1) is 20.2. The SMILES string of the molecule is O=CN(CCc1ccc(O)cc1)Nc1ccc(N(CCCl)CCCl)cc1. The van der Waals surface area contributed by atoms with E-state index in [-0.39, 0.29) is 5.75 Å². The maximum Gasteiger partial charge on any atom is 0.228 e. The van der Waals surface area contributed by atoms with Crippen molar-refractivity contribution >= 4 is 41.0 Å². The molecule has 2 aromatic carbocycles. The van der Waals surface area contributed by atoms with Crippen LogP contribution in [0.1, 0.15) is 5.56 Å². The standard InChI is InChI=1S/C19H23Cl2N3O2/c20-10-13-23(14-11-21)18-5-3-17(4-6-18)22-24(15-25)12-9-16-1-7-19(26)8-2-16/h1-8,15,22,26H,9-14H2. The summed E-state index contributed by atoms with van der Waals surface area (Å²) in [4.78, 5) is 13.4. The number of nitrogens with zero attached hydrogens (tertiary/aromatic N) is 2. The molecule has 0 unspecified atom stereocenters. The van der Waals surface area contributed by atoms with Gasteiger partial charge in [0.15, 0.2) is 0 Å². The molecule has 2 N–H and O–H groups in total. The Morgan fingerprint density at radius 2 is 1.54 bits per heavy atom. The Balaban J connectivity index is 1.92. The van der Waals surface area contributed by atoms with E-state index in [9.17, 15) is 9.90 Å². The molecule has 0 spiro atoms. The average molecular weight is 396 g/mol. The van der Waals surface area contributed by atoms with E-state index in [4.69, 9.17) is 23.2 Å². The Morgan fingerprint density at radius 3 is 2.08 bits per heavy atom. The normalized spacial score (nSPS) is 10.4. The Hall–Kier alpha value is -2.11. The highest BCUT2D eigenvalue weighted by Crippen LogP contribution is 2.19. The zero-order chi connectivity index (χ0) is 18.8. The molecule has 0 bridgehead atoms. The van der Waals surface area contributed by atoms with E-state index in [2.05, 4.69) is 10.3 Å². The molecule has 0 saturated carbocycles. The van der Waals surface area contributed by atoms with Gasteiger partial charge in [-0.25, -0.2) is 0 Å². The average Bonchev–Trinajstić information content (AvgIpc) is 2.67. The summed E-state index contributed by atoms with van der Waals surface area (Å²) in [6.07, 6.45) is 1.45. The van der Waals surface area contributed by atoms with Crippen molar-refractivity contribution in [1.82, 2.24) is 5.01 Å². The van der Waals surface area contributed by atoms with Gasteiger partial charge >= 0.3 is 0 Å². The van der Waals surface area contributed by atoms with Crippen LogP contribution in [-0.2, 0) is 11.2 Å². The number of hydrazine groups is 1. The highest BCUT2D eigenvalue weighted by atomic mass is 35.5. The first-order chi connectivity index (χ1) is 12.7. The number of hydrogen-bond acceptors (Lipinski definition) is 4. The minimum Gasteiger partial charge on any atom is -0.508 e. The van der Waals surface area contributed by atoms with Crippen molar-refractivity contribution in [2.75, 3.05) is 41.7 Å². The number of rotatable bonds is 11. The van der Waals surface area contributed by atoms with Crippen LogP contribution in [0.5, 0.6) is 5.75 Å². The first-order valence-corrected chi connectivity index (χ1v) is 9.46. The molecule has 0 fully saturated rings. The molecule has 0 aliphatic heterocycles. The lowest BCUT2D eigenvalue weighted by Crippen LogP contribution is -2.30. The molecule has 7 heteroatoms. The summed E-state index contributed by atoms with van der Waals surface area (Å²) in [5.41, 5.74) is 5.99. The van der Waals surface area contributed by atoms with Gasteiger partial charge < -0.3 is 10.0 Å². The first-order valence-electron chi connectivity index (χ1n) is 8.39. The lowest BCUT2D eigenvalue weighted by atomic mass is 10.1. The third-order valence-corrected chi connectivity index (χ3v) is 4.26. The minimum absolute atomic E-state index is 0.233. The summed E-state index contributed by atoms with van der Waals surface area (Å²) in [5, 5.41) is 10.8. The fourth-order valence-corrected chi connectivity index (χ4v) is 2.94. The largest absolute Gasteiger partial charge is 0.508 e. The molecule has 2 aromatic rings. The number of carbonyl (C=O) groups excluding carboxylic acids is 1. The highest BCUT2D eigenvalue weighted by Gasteiger charge is 2.07. The molecular weight excluding hydrogens is 373 g/mol. The van der Waals surface area contributed by atoms with Crippen molar-refractivity contribution in [3.63, 3.8) is 0 Å². The summed E-state index contributed by atoms with van der Waals surface area (Å²) >= 11 is 11.7. The molecule has 1 amide bonds. The van der Waals surface area contributed by atoms with Gasteiger partial charge in [0.05, 0.1) is 5.69 Å². The van der Waals surface area contributed by atoms with Gasteiger partial charge in [-0.15, -0.1) is 23.2 Å². The van der Waals surface area contributed by atoms with Crippen LogP contribution in [0.4, 0.5) is 11.4 Å². The number of nitrogens with one attached hydrogen (secondary N) is 1. The third-order valence-electron chi connectivity index (χ3n) is 3.92. The molecule has 0 heterocycles. The molecule has 2 rings (SSSR count). The van der Waals surface area contributed by atoms with Crippen molar-refractivity contribution in [2.45, 2.75) is 6.42 Å². The van der Waals surface area contributed by atoms with Crippen LogP contribution in [0.25, 0.3) is 0 Å².